The number of esters is 1. The number of Topliss-reactive ketones (excluding diaryl/α,β-unsaturated/α-hetero) is 1. The van der Waals surface area contributed by atoms with Crippen LogP contribution >= 0.6 is 0 Å². The number of carbonyl (C=O) groups excluding carboxylic acids is 3. The minimum absolute atomic E-state index is 0.0513. The Kier molecular flexibility index (Phi) is 9.84. The molecule has 1 saturated carbocycles. The molecule has 0 aromatic heterocycles. The van der Waals surface area contributed by atoms with Gasteiger partial charge in [-0.2, -0.15) is 0 Å². The molecule has 1 fully saturated rings. The van der Waals surface area contributed by atoms with Gasteiger partial charge in [-0.05, 0) is 42.9 Å². The first-order valence-electron chi connectivity index (χ1n) is 10.9. The Balaban J connectivity index is 0.000000215. The average Bonchev–Trinajstić information content (AvgIpc) is 3.35. The van der Waals surface area contributed by atoms with Crippen molar-refractivity contribution < 1.29 is 28.6 Å². The van der Waals surface area contributed by atoms with Gasteiger partial charge in [0.1, 0.15) is 12.1 Å². The summed E-state index contributed by atoms with van der Waals surface area (Å²) in [5.41, 5.74) is 1.11. The lowest BCUT2D eigenvalue weighted by Gasteiger charge is -2.16. The van der Waals surface area contributed by atoms with Crippen LogP contribution in [0.25, 0.3) is 0 Å². The second-order valence-corrected chi connectivity index (χ2v) is 8.15. The first-order chi connectivity index (χ1) is 14.5. The van der Waals surface area contributed by atoms with E-state index >= 15 is 0 Å². The third-order valence-electron chi connectivity index (χ3n) is 5.75. The highest BCUT2D eigenvalue weighted by Crippen LogP contribution is 2.35. The highest BCUT2D eigenvalue weighted by atomic mass is 16.7. The molecule has 1 aromatic rings. The topological polar surface area (TPSA) is 78.9 Å². The summed E-state index contributed by atoms with van der Waals surface area (Å²) in [7, 11) is 1.41. The standard InChI is InChI=1S/C13H22O3.C11H12O3/c1-3-4-5-6-11-10(7-8-12(11)14)9-13(15)16-2;1-8(6-12)4-9-2-3-10-11(5-9)14-7-13-10/h10-11H,3-9H2,1-2H3;2-3,5-6,8H,4,7H2,1H3. The summed E-state index contributed by atoms with van der Waals surface area (Å²) < 4.78 is 15.1. The van der Waals surface area contributed by atoms with Crippen LogP contribution < -0.4 is 9.47 Å². The zero-order valence-electron chi connectivity index (χ0n) is 18.4. The molecule has 0 N–H and O–H groups in total. The van der Waals surface area contributed by atoms with Crippen LogP contribution in [0.15, 0.2) is 18.2 Å². The molecule has 0 radical (unpaired) electrons. The van der Waals surface area contributed by atoms with Gasteiger partial charge in [-0.3, -0.25) is 9.59 Å². The number of rotatable bonds is 9. The number of ketones is 1. The minimum atomic E-state index is -0.180. The molecule has 0 bridgehead atoms. The summed E-state index contributed by atoms with van der Waals surface area (Å²) >= 11 is 0. The number of methoxy groups -OCH3 is 1. The molecule has 1 aliphatic heterocycles. The first-order valence-corrected chi connectivity index (χ1v) is 10.9. The maximum Gasteiger partial charge on any atom is 0.305 e. The molecule has 1 aliphatic carbocycles. The summed E-state index contributed by atoms with van der Waals surface area (Å²) in [4.78, 5) is 33.4. The molecule has 0 spiro atoms. The van der Waals surface area contributed by atoms with Crippen molar-refractivity contribution in [3.8, 4) is 11.5 Å². The Hall–Kier alpha value is -2.37. The molecule has 3 rings (SSSR count). The molecule has 166 valence electrons. The van der Waals surface area contributed by atoms with E-state index in [0.717, 1.165) is 49.0 Å². The summed E-state index contributed by atoms with van der Waals surface area (Å²) in [5.74, 6) is 2.14. The Morgan fingerprint density at radius 2 is 2.03 bits per heavy atom. The smallest absolute Gasteiger partial charge is 0.305 e. The second-order valence-electron chi connectivity index (χ2n) is 8.15. The molecule has 3 atom stereocenters. The maximum absolute atomic E-state index is 11.7. The SMILES string of the molecule is CC(C=O)Cc1ccc2c(c1)OCO2.CCCCCC1C(=O)CCC1CC(=O)OC. The number of hydrogen-bond donors (Lipinski definition) is 0. The lowest BCUT2D eigenvalue weighted by molar-refractivity contribution is -0.142. The summed E-state index contributed by atoms with van der Waals surface area (Å²) in [6, 6.07) is 5.78. The van der Waals surface area contributed by atoms with Gasteiger partial charge in [0.15, 0.2) is 11.5 Å². The third kappa shape index (κ3) is 7.15. The van der Waals surface area contributed by atoms with E-state index in [9.17, 15) is 14.4 Å². The first kappa shape index (κ1) is 23.9. The highest BCUT2D eigenvalue weighted by Gasteiger charge is 2.35. The summed E-state index contributed by atoms with van der Waals surface area (Å²) in [5, 5.41) is 0. The molecule has 6 nitrogen and oxygen atoms in total. The molecule has 0 saturated heterocycles. The summed E-state index contributed by atoms with van der Waals surface area (Å²) in [6.07, 6.45) is 8.04. The van der Waals surface area contributed by atoms with E-state index in [1.165, 1.54) is 20.0 Å². The number of unbranched alkanes of at least 4 members (excludes halogenated alkanes) is 2. The average molecular weight is 419 g/mol. The number of fused-ring (bicyclic) bond motifs is 1. The fourth-order valence-corrected chi connectivity index (χ4v) is 4.02. The fourth-order valence-electron chi connectivity index (χ4n) is 4.02. The van der Waals surface area contributed by atoms with E-state index in [1.54, 1.807) is 0 Å². The molecular weight excluding hydrogens is 384 g/mol. The number of aldehydes is 1. The number of hydrogen-bond acceptors (Lipinski definition) is 6. The number of ether oxygens (including phenoxy) is 3. The van der Waals surface area contributed by atoms with Gasteiger partial charge in [-0.25, -0.2) is 0 Å². The van der Waals surface area contributed by atoms with E-state index < -0.39 is 0 Å². The molecule has 1 heterocycles. The Morgan fingerprint density at radius 1 is 1.27 bits per heavy atom. The van der Waals surface area contributed by atoms with Crippen LogP contribution in [0, 0.1) is 17.8 Å². The largest absolute Gasteiger partial charge is 0.469 e. The van der Waals surface area contributed by atoms with Crippen LogP contribution in [0.1, 0.15) is 64.4 Å². The normalized spacial score (nSPS) is 20.3. The van der Waals surface area contributed by atoms with Gasteiger partial charge in [0.2, 0.25) is 6.79 Å². The van der Waals surface area contributed by atoms with Gasteiger partial charge in [0.05, 0.1) is 7.11 Å². The van der Waals surface area contributed by atoms with Gasteiger partial charge < -0.3 is 19.0 Å². The monoisotopic (exact) mass is 418 g/mol. The quantitative estimate of drug-likeness (QED) is 0.333. The Labute approximate surface area is 179 Å². The van der Waals surface area contributed by atoms with E-state index in [-0.39, 0.29) is 23.7 Å². The zero-order chi connectivity index (χ0) is 21.9. The third-order valence-corrected chi connectivity index (χ3v) is 5.75. The molecule has 1 aromatic carbocycles. The van der Waals surface area contributed by atoms with Crippen LogP contribution in [-0.2, 0) is 25.5 Å². The Morgan fingerprint density at radius 3 is 2.73 bits per heavy atom. The van der Waals surface area contributed by atoms with Crippen molar-refractivity contribution in [1.82, 2.24) is 0 Å². The van der Waals surface area contributed by atoms with Crippen molar-refractivity contribution in [2.75, 3.05) is 13.9 Å². The van der Waals surface area contributed by atoms with Crippen LogP contribution in [0.5, 0.6) is 11.5 Å². The van der Waals surface area contributed by atoms with Crippen molar-refractivity contribution >= 4 is 18.0 Å². The minimum Gasteiger partial charge on any atom is -0.469 e. The van der Waals surface area contributed by atoms with E-state index in [4.69, 9.17) is 9.47 Å². The predicted molar refractivity (Wildman–Crippen MR) is 113 cm³/mol. The van der Waals surface area contributed by atoms with Crippen molar-refractivity contribution in [3.05, 3.63) is 23.8 Å². The van der Waals surface area contributed by atoms with Crippen molar-refractivity contribution in [3.63, 3.8) is 0 Å². The van der Waals surface area contributed by atoms with Gasteiger partial charge >= 0.3 is 5.97 Å². The van der Waals surface area contributed by atoms with Crippen molar-refractivity contribution in [2.24, 2.45) is 17.8 Å². The molecule has 2 aliphatic rings. The molecular formula is C24H34O6. The Bertz CT molecular complexity index is 714. The van der Waals surface area contributed by atoms with Gasteiger partial charge in [-0.1, -0.05) is 39.2 Å². The van der Waals surface area contributed by atoms with Crippen LogP contribution in [0.2, 0.25) is 0 Å². The predicted octanol–water partition coefficient (Wildman–Crippen LogP) is 4.52. The fraction of sp³-hybridized carbons (Fsp3) is 0.625. The zero-order valence-corrected chi connectivity index (χ0v) is 18.4. The highest BCUT2D eigenvalue weighted by molar-refractivity contribution is 5.84. The van der Waals surface area contributed by atoms with Crippen LogP contribution in [0.4, 0.5) is 0 Å². The second kappa shape index (κ2) is 12.4. The van der Waals surface area contributed by atoms with E-state index in [0.29, 0.717) is 25.4 Å². The molecule has 6 heteroatoms. The lowest BCUT2D eigenvalue weighted by atomic mass is 9.88. The molecule has 3 unspecified atom stereocenters. The van der Waals surface area contributed by atoms with Crippen LogP contribution in [-0.4, -0.2) is 31.9 Å². The van der Waals surface area contributed by atoms with Crippen molar-refractivity contribution in [1.29, 1.82) is 0 Å². The lowest BCUT2D eigenvalue weighted by Crippen LogP contribution is -2.18. The van der Waals surface area contributed by atoms with Gasteiger partial charge in [-0.15, -0.1) is 0 Å². The van der Waals surface area contributed by atoms with Crippen LogP contribution in [0.3, 0.4) is 0 Å². The number of carbonyl (C=O) groups is 3. The van der Waals surface area contributed by atoms with E-state index in [1.807, 2.05) is 25.1 Å². The number of benzene rings is 1. The molecule has 30 heavy (non-hydrogen) atoms. The molecule has 0 amide bonds. The van der Waals surface area contributed by atoms with Crippen molar-refractivity contribution in [2.45, 2.75) is 65.2 Å². The van der Waals surface area contributed by atoms with Gasteiger partial charge in [0, 0.05) is 24.7 Å². The maximum atomic E-state index is 11.7. The summed E-state index contributed by atoms with van der Waals surface area (Å²) in [6.45, 7) is 4.35. The van der Waals surface area contributed by atoms with E-state index in [2.05, 4.69) is 11.7 Å². The van der Waals surface area contributed by atoms with Gasteiger partial charge in [0.25, 0.3) is 0 Å².